The highest BCUT2D eigenvalue weighted by molar-refractivity contribution is 5.75. The molecule has 4 nitrogen and oxygen atoms in total. The Morgan fingerprint density at radius 2 is 1.58 bits per heavy atom. The maximum absolute atomic E-state index is 9.03. The molecule has 0 amide bonds. The van der Waals surface area contributed by atoms with Gasteiger partial charge < -0.3 is 11.5 Å². The van der Waals surface area contributed by atoms with Crippen LogP contribution in [-0.4, -0.2) is 12.5 Å². The van der Waals surface area contributed by atoms with Gasteiger partial charge in [0, 0.05) is 12.5 Å². The highest BCUT2D eigenvalue weighted by atomic mass is 15.0. The summed E-state index contributed by atoms with van der Waals surface area (Å²) in [5.41, 5.74) is 10.5. The van der Waals surface area contributed by atoms with E-state index in [0.29, 0.717) is 6.54 Å². The number of hydrogen-bond acceptors (Lipinski definition) is 2. The lowest BCUT2D eigenvalue weighted by atomic mass is 9.98. The summed E-state index contributed by atoms with van der Waals surface area (Å²) in [6, 6.07) is 2.34. The largest absolute Gasteiger partial charge is 0.370 e. The number of nitriles is 1. The van der Waals surface area contributed by atoms with Crippen LogP contribution in [0.5, 0.6) is 0 Å². The lowest BCUT2D eigenvalue weighted by molar-refractivity contribution is 0.502. The summed E-state index contributed by atoms with van der Waals surface area (Å²) in [7, 11) is 0. The van der Waals surface area contributed by atoms with Gasteiger partial charge >= 0.3 is 0 Å². The van der Waals surface area contributed by atoms with Crippen molar-refractivity contribution < 1.29 is 0 Å². The summed E-state index contributed by atoms with van der Waals surface area (Å²) in [6.07, 6.45) is 12.2. The Labute approximate surface area is 118 Å². The van der Waals surface area contributed by atoms with Crippen LogP contribution >= 0.6 is 0 Å². The van der Waals surface area contributed by atoms with Crippen molar-refractivity contribution >= 4 is 5.96 Å². The van der Waals surface area contributed by atoms with Gasteiger partial charge in [0.2, 0.25) is 0 Å². The van der Waals surface area contributed by atoms with Crippen molar-refractivity contribution in [2.75, 3.05) is 6.54 Å². The Balaban J connectivity index is 3.42. The fourth-order valence-electron chi connectivity index (χ4n) is 2.15. The van der Waals surface area contributed by atoms with E-state index in [1.807, 2.05) is 0 Å². The monoisotopic (exact) mass is 266 g/mol. The van der Waals surface area contributed by atoms with E-state index < -0.39 is 0 Å². The molecule has 4 N–H and O–H groups in total. The molecule has 0 aromatic carbocycles. The molecular formula is C15H30N4. The Hall–Kier alpha value is -1.24. The molecule has 0 saturated carbocycles. The first-order valence-corrected chi connectivity index (χ1v) is 7.65. The van der Waals surface area contributed by atoms with Gasteiger partial charge in [-0.1, -0.05) is 58.3 Å². The number of aliphatic imine (C=N–C) groups is 1. The van der Waals surface area contributed by atoms with Crippen LogP contribution in [-0.2, 0) is 0 Å². The number of rotatable bonds is 12. The summed E-state index contributed by atoms with van der Waals surface area (Å²) in [5.74, 6) is 0.215. The van der Waals surface area contributed by atoms with Crippen LogP contribution in [0.4, 0.5) is 0 Å². The number of nitrogens with zero attached hydrogens (tertiary/aromatic N) is 2. The highest BCUT2D eigenvalue weighted by Gasteiger charge is 2.06. The predicted octanol–water partition coefficient (Wildman–Crippen LogP) is 3.32. The van der Waals surface area contributed by atoms with E-state index in [2.05, 4.69) is 18.0 Å². The molecule has 110 valence electrons. The summed E-state index contributed by atoms with van der Waals surface area (Å²) in [5, 5.41) is 9.03. The van der Waals surface area contributed by atoms with Crippen LogP contribution in [0.3, 0.4) is 0 Å². The standard InChI is InChI=1S/C15H30N4/c1-2-3-4-5-6-7-8-9-10-14(13-16)11-12-19-15(17)18/h14H,2-12H2,1H3,(H4,17,18,19). The molecule has 0 aromatic heterocycles. The first-order chi connectivity index (χ1) is 9.20. The Bertz CT molecular complexity index is 264. The number of guanidine groups is 1. The second-order valence-electron chi connectivity index (χ2n) is 5.18. The van der Waals surface area contributed by atoms with Gasteiger partial charge in [0.15, 0.2) is 5.96 Å². The van der Waals surface area contributed by atoms with Crippen molar-refractivity contribution in [3.8, 4) is 6.07 Å². The SMILES string of the molecule is CCCCCCCCCCC(C#N)CCN=C(N)N. The van der Waals surface area contributed by atoms with Crippen LogP contribution < -0.4 is 11.5 Å². The zero-order valence-electron chi connectivity index (χ0n) is 12.4. The van der Waals surface area contributed by atoms with E-state index in [4.69, 9.17) is 16.7 Å². The maximum atomic E-state index is 9.03. The second-order valence-corrected chi connectivity index (χ2v) is 5.18. The molecule has 0 rings (SSSR count). The third kappa shape index (κ3) is 13.0. The van der Waals surface area contributed by atoms with Crippen LogP contribution in [0, 0.1) is 17.2 Å². The molecule has 4 heteroatoms. The molecule has 0 radical (unpaired) electrons. The van der Waals surface area contributed by atoms with Gasteiger partial charge in [-0.25, -0.2) is 0 Å². The molecule has 1 unspecified atom stereocenters. The smallest absolute Gasteiger partial charge is 0.185 e. The van der Waals surface area contributed by atoms with Crippen molar-refractivity contribution in [1.82, 2.24) is 0 Å². The van der Waals surface area contributed by atoms with Gasteiger partial charge in [-0.15, -0.1) is 0 Å². The highest BCUT2D eigenvalue weighted by Crippen LogP contribution is 2.15. The summed E-state index contributed by atoms with van der Waals surface area (Å²) >= 11 is 0. The van der Waals surface area contributed by atoms with Crippen LogP contribution in [0.2, 0.25) is 0 Å². The fraction of sp³-hybridized carbons (Fsp3) is 0.867. The summed E-state index contributed by atoms with van der Waals surface area (Å²) in [4.78, 5) is 3.92. The molecule has 0 bridgehead atoms. The van der Waals surface area contributed by atoms with Crippen molar-refractivity contribution in [3.05, 3.63) is 0 Å². The molecule has 0 heterocycles. The topological polar surface area (TPSA) is 88.2 Å². The Morgan fingerprint density at radius 1 is 1.00 bits per heavy atom. The van der Waals surface area contributed by atoms with Crippen LogP contribution in [0.1, 0.15) is 71.1 Å². The van der Waals surface area contributed by atoms with Crippen molar-refractivity contribution in [1.29, 1.82) is 5.26 Å². The van der Waals surface area contributed by atoms with Gasteiger partial charge in [-0.05, 0) is 12.8 Å². The van der Waals surface area contributed by atoms with Crippen molar-refractivity contribution in [2.45, 2.75) is 71.1 Å². The lowest BCUT2D eigenvalue weighted by Crippen LogP contribution is -2.23. The molecular weight excluding hydrogens is 236 g/mol. The van der Waals surface area contributed by atoms with Gasteiger partial charge in [-0.2, -0.15) is 5.26 Å². The maximum Gasteiger partial charge on any atom is 0.185 e. The minimum Gasteiger partial charge on any atom is -0.370 e. The fourth-order valence-corrected chi connectivity index (χ4v) is 2.15. The van der Waals surface area contributed by atoms with E-state index in [-0.39, 0.29) is 11.9 Å². The molecule has 0 aromatic rings. The molecule has 0 fully saturated rings. The van der Waals surface area contributed by atoms with Crippen LogP contribution in [0.15, 0.2) is 4.99 Å². The third-order valence-electron chi connectivity index (χ3n) is 3.36. The molecule has 0 aliphatic heterocycles. The van der Waals surface area contributed by atoms with E-state index in [1.54, 1.807) is 0 Å². The average Bonchev–Trinajstić information content (AvgIpc) is 2.39. The summed E-state index contributed by atoms with van der Waals surface area (Å²) in [6.45, 7) is 2.81. The van der Waals surface area contributed by atoms with Crippen molar-refractivity contribution in [3.63, 3.8) is 0 Å². The average molecular weight is 266 g/mol. The van der Waals surface area contributed by atoms with E-state index in [0.717, 1.165) is 19.3 Å². The van der Waals surface area contributed by atoms with Crippen molar-refractivity contribution in [2.24, 2.45) is 22.4 Å². The predicted molar refractivity (Wildman–Crippen MR) is 81.6 cm³/mol. The van der Waals surface area contributed by atoms with Gasteiger partial charge in [0.05, 0.1) is 6.07 Å². The number of hydrogen-bond donors (Lipinski definition) is 2. The van der Waals surface area contributed by atoms with Gasteiger partial charge in [0.1, 0.15) is 0 Å². The Morgan fingerprint density at radius 3 is 2.11 bits per heavy atom. The van der Waals surface area contributed by atoms with Crippen LogP contribution in [0.25, 0.3) is 0 Å². The molecule has 0 spiro atoms. The number of unbranched alkanes of at least 4 members (excludes halogenated alkanes) is 7. The Kier molecular flexibility index (Phi) is 12.3. The zero-order valence-corrected chi connectivity index (χ0v) is 12.4. The summed E-state index contributed by atoms with van der Waals surface area (Å²) < 4.78 is 0. The first-order valence-electron chi connectivity index (χ1n) is 7.65. The minimum atomic E-state index is 0.100. The molecule has 0 saturated heterocycles. The first kappa shape index (κ1) is 17.8. The minimum absolute atomic E-state index is 0.100. The number of nitrogens with two attached hydrogens (primary N) is 2. The normalized spacial score (nSPS) is 11.8. The van der Waals surface area contributed by atoms with E-state index in [1.165, 1.54) is 44.9 Å². The van der Waals surface area contributed by atoms with Gasteiger partial charge in [0.25, 0.3) is 0 Å². The molecule has 0 aliphatic carbocycles. The molecule has 1 atom stereocenters. The lowest BCUT2D eigenvalue weighted by Gasteiger charge is -2.07. The second kappa shape index (κ2) is 13.2. The third-order valence-corrected chi connectivity index (χ3v) is 3.36. The molecule has 19 heavy (non-hydrogen) atoms. The molecule has 0 aliphatic rings. The van der Waals surface area contributed by atoms with E-state index >= 15 is 0 Å². The van der Waals surface area contributed by atoms with E-state index in [9.17, 15) is 0 Å². The quantitative estimate of drug-likeness (QED) is 0.322. The van der Waals surface area contributed by atoms with Gasteiger partial charge in [-0.3, -0.25) is 4.99 Å². The zero-order chi connectivity index (χ0) is 14.3.